The second-order valence-electron chi connectivity index (χ2n) is 5.52. The molecule has 0 aromatic heterocycles. The van der Waals surface area contributed by atoms with E-state index in [9.17, 15) is 9.90 Å². The minimum absolute atomic E-state index is 0.286. The Bertz CT molecular complexity index is 357. The highest BCUT2D eigenvalue weighted by Crippen LogP contribution is 2.40. The van der Waals surface area contributed by atoms with Gasteiger partial charge in [0.25, 0.3) is 0 Å². The average Bonchev–Trinajstić information content (AvgIpc) is 2.83. The molecule has 0 amide bonds. The topological polar surface area (TPSA) is 94.5 Å². The second-order valence-corrected chi connectivity index (χ2v) is 5.52. The first kappa shape index (κ1) is 15.7. The molecule has 0 unspecified atom stereocenters. The van der Waals surface area contributed by atoms with Gasteiger partial charge in [-0.1, -0.05) is 6.92 Å². The summed E-state index contributed by atoms with van der Waals surface area (Å²) < 4.78 is 22.1. The van der Waals surface area contributed by atoms with Gasteiger partial charge in [-0.05, 0) is 20.3 Å². The lowest BCUT2D eigenvalue weighted by Gasteiger charge is -2.25. The first-order valence-corrected chi connectivity index (χ1v) is 6.87. The van der Waals surface area contributed by atoms with E-state index in [1.165, 1.54) is 0 Å². The fraction of sp³-hybridized carbons (Fsp3) is 0.923. The summed E-state index contributed by atoms with van der Waals surface area (Å²) in [6.45, 7) is 4.88. The van der Waals surface area contributed by atoms with Crippen molar-refractivity contribution in [1.82, 2.24) is 0 Å². The molecule has 7 nitrogen and oxygen atoms in total. The summed E-state index contributed by atoms with van der Waals surface area (Å²) in [4.78, 5) is 11.6. The molecule has 0 bridgehead atoms. The van der Waals surface area contributed by atoms with Crippen LogP contribution in [0, 0.1) is 0 Å². The third-order valence-corrected chi connectivity index (χ3v) is 3.31. The van der Waals surface area contributed by atoms with Crippen molar-refractivity contribution in [3.8, 4) is 0 Å². The third kappa shape index (κ3) is 3.12. The number of fused-ring (bicyclic) bond motifs is 1. The fourth-order valence-electron chi connectivity index (χ4n) is 2.49. The van der Waals surface area contributed by atoms with E-state index in [2.05, 4.69) is 0 Å². The van der Waals surface area contributed by atoms with E-state index in [0.717, 1.165) is 0 Å². The van der Waals surface area contributed by atoms with Crippen molar-refractivity contribution in [2.75, 3.05) is 6.61 Å². The Morgan fingerprint density at radius 1 is 1.35 bits per heavy atom. The van der Waals surface area contributed by atoms with Crippen LogP contribution in [0.2, 0.25) is 0 Å². The third-order valence-electron chi connectivity index (χ3n) is 3.31. The Labute approximate surface area is 117 Å². The van der Waals surface area contributed by atoms with Crippen molar-refractivity contribution in [2.45, 2.75) is 70.1 Å². The molecule has 7 heteroatoms. The van der Waals surface area contributed by atoms with E-state index in [-0.39, 0.29) is 12.4 Å². The maximum atomic E-state index is 11.6. The average molecular weight is 290 g/mol. The lowest BCUT2D eigenvalue weighted by atomic mass is 10.1. The van der Waals surface area contributed by atoms with Gasteiger partial charge < -0.3 is 29.2 Å². The summed E-state index contributed by atoms with van der Waals surface area (Å²) >= 11 is 0. The molecule has 0 saturated carbocycles. The maximum absolute atomic E-state index is 11.6. The van der Waals surface area contributed by atoms with Crippen LogP contribution in [0.15, 0.2) is 0 Å². The molecule has 2 saturated heterocycles. The van der Waals surface area contributed by atoms with Crippen molar-refractivity contribution in [1.29, 1.82) is 0 Å². The van der Waals surface area contributed by atoms with Crippen LogP contribution < -0.4 is 0 Å². The fourth-order valence-corrected chi connectivity index (χ4v) is 2.49. The highest BCUT2D eigenvalue weighted by atomic mass is 16.8. The van der Waals surface area contributed by atoms with E-state index in [1.807, 2.05) is 6.92 Å². The lowest BCUT2D eigenvalue weighted by Crippen LogP contribution is -2.40. The van der Waals surface area contributed by atoms with Gasteiger partial charge in [-0.25, -0.2) is 0 Å². The number of rotatable bonds is 5. The van der Waals surface area contributed by atoms with E-state index in [1.54, 1.807) is 13.8 Å². The summed E-state index contributed by atoms with van der Waals surface area (Å²) in [5.74, 6) is -1.23. The van der Waals surface area contributed by atoms with Crippen LogP contribution in [-0.4, -0.2) is 59.3 Å². The Balaban J connectivity index is 2.08. The molecule has 2 N–H and O–H groups in total. The molecule has 0 aliphatic carbocycles. The lowest BCUT2D eigenvalue weighted by molar-refractivity contribution is -0.241. The highest BCUT2D eigenvalue weighted by molar-refractivity contribution is 5.69. The van der Waals surface area contributed by atoms with Crippen LogP contribution >= 0.6 is 0 Å². The molecule has 20 heavy (non-hydrogen) atoms. The monoisotopic (exact) mass is 290 g/mol. The van der Waals surface area contributed by atoms with Crippen LogP contribution in [-0.2, 0) is 23.7 Å². The largest absolute Gasteiger partial charge is 0.433 e. The standard InChI is InChI=1S/C13H22O7/c1-4-5-8(16)17-12-11-10(19-13(2,3)20-11)9(18-12)7(15)6-14/h7,9-12,14-15H,4-6H2,1-3H3/t7-,9+,10+,11+,12+/m1/s1. The molecular weight excluding hydrogens is 268 g/mol. The van der Waals surface area contributed by atoms with Gasteiger partial charge in [0.05, 0.1) is 6.61 Å². The van der Waals surface area contributed by atoms with E-state index in [0.29, 0.717) is 6.42 Å². The van der Waals surface area contributed by atoms with Crippen molar-refractivity contribution in [3.05, 3.63) is 0 Å². The SMILES string of the molecule is CCCC(=O)O[C@H]1O[C@@H]([C@H](O)CO)[C@@H]2OC(C)(C)O[C@H]12. The quantitative estimate of drug-likeness (QED) is 0.684. The number of carbonyl (C=O) groups excluding carboxylic acids is 1. The zero-order chi connectivity index (χ0) is 14.9. The summed E-state index contributed by atoms with van der Waals surface area (Å²) in [5.41, 5.74) is 0. The van der Waals surface area contributed by atoms with Gasteiger partial charge in [-0.2, -0.15) is 0 Å². The van der Waals surface area contributed by atoms with Crippen molar-refractivity contribution in [3.63, 3.8) is 0 Å². The van der Waals surface area contributed by atoms with Crippen LogP contribution in [0.3, 0.4) is 0 Å². The highest BCUT2D eigenvalue weighted by Gasteiger charge is 2.58. The smallest absolute Gasteiger partial charge is 0.308 e. The van der Waals surface area contributed by atoms with Crippen molar-refractivity contribution in [2.24, 2.45) is 0 Å². The molecule has 2 aliphatic heterocycles. The van der Waals surface area contributed by atoms with Gasteiger partial charge in [-0.15, -0.1) is 0 Å². The maximum Gasteiger partial charge on any atom is 0.308 e. The minimum atomic E-state index is -1.12. The number of aliphatic hydroxyl groups is 2. The predicted octanol–water partition coefficient (Wildman–Crippen LogP) is -0.0721. The van der Waals surface area contributed by atoms with Crippen molar-refractivity contribution >= 4 is 5.97 Å². The normalized spacial score (nSPS) is 36.6. The molecule has 0 aromatic carbocycles. The Kier molecular flexibility index (Phi) is 4.66. The van der Waals surface area contributed by atoms with Gasteiger partial charge in [0, 0.05) is 6.42 Å². The number of ether oxygens (including phenoxy) is 4. The van der Waals surface area contributed by atoms with Crippen LogP contribution in [0.5, 0.6) is 0 Å². The molecule has 2 rings (SSSR count). The summed E-state index contributed by atoms with van der Waals surface area (Å²) in [6, 6.07) is 0. The van der Waals surface area contributed by atoms with E-state index >= 15 is 0 Å². The minimum Gasteiger partial charge on any atom is -0.433 e. The van der Waals surface area contributed by atoms with Gasteiger partial charge in [0.15, 0.2) is 11.9 Å². The molecule has 5 atom stereocenters. The Morgan fingerprint density at radius 3 is 2.60 bits per heavy atom. The van der Waals surface area contributed by atoms with Crippen LogP contribution in [0.4, 0.5) is 0 Å². The molecule has 0 spiro atoms. The molecule has 116 valence electrons. The molecule has 0 radical (unpaired) electrons. The molecule has 2 aliphatic rings. The number of esters is 1. The van der Waals surface area contributed by atoms with Crippen molar-refractivity contribution < 1.29 is 34.0 Å². The Hall–Kier alpha value is -0.730. The summed E-state index contributed by atoms with van der Waals surface area (Å²) in [5, 5.41) is 18.8. The molecule has 0 aromatic rings. The van der Waals surface area contributed by atoms with Crippen LogP contribution in [0.1, 0.15) is 33.6 Å². The predicted molar refractivity (Wildman–Crippen MR) is 66.6 cm³/mol. The summed E-state index contributed by atoms with van der Waals surface area (Å²) in [6.07, 6.45) is -3.04. The first-order chi connectivity index (χ1) is 9.38. The van der Waals surface area contributed by atoms with Gasteiger partial charge in [-0.3, -0.25) is 4.79 Å². The van der Waals surface area contributed by atoms with E-state index < -0.39 is 43.1 Å². The van der Waals surface area contributed by atoms with Crippen LogP contribution in [0.25, 0.3) is 0 Å². The number of carbonyl (C=O) groups is 1. The number of aliphatic hydroxyl groups excluding tert-OH is 2. The number of hydrogen-bond donors (Lipinski definition) is 2. The van der Waals surface area contributed by atoms with E-state index in [4.69, 9.17) is 24.1 Å². The number of hydrogen-bond acceptors (Lipinski definition) is 7. The first-order valence-electron chi connectivity index (χ1n) is 6.87. The van der Waals surface area contributed by atoms with Gasteiger partial charge >= 0.3 is 5.97 Å². The molecular formula is C13H22O7. The Morgan fingerprint density at radius 2 is 2.00 bits per heavy atom. The van der Waals surface area contributed by atoms with Gasteiger partial charge in [0.2, 0.25) is 6.29 Å². The van der Waals surface area contributed by atoms with Gasteiger partial charge in [0.1, 0.15) is 18.3 Å². The second kappa shape index (κ2) is 5.95. The summed E-state index contributed by atoms with van der Waals surface area (Å²) in [7, 11) is 0. The zero-order valence-corrected chi connectivity index (χ0v) is 11.9. The molecule has 2 fully saturated rings. The molecule has 2 heterocycles. The zero-order valence-electron chi connectivity index (χ0n) is 11.9.